The fourth-order valence-corrected chi connectivity index (χ4v) is 7.40. The highest BCUT2D eigenvalue weighted by Gasteiger charge is 2.48. The molecule has 5 aromatic carbocycles. The predicted molar refractivity (Wildman–Crippen MR) is 230 cm³/mol. The zero-order valence-corrected chi connectivity index (χ0v) is 34.2. The van der Waals surface area contributed by atoms with Gasteiger partial charge in [-0.25, -0.2) is 9.78 Å². The minimum atomic E-state index is -1.40. The molecule has 0 bridgehead atoms. The third kappa shape index (κ3) is 9.80. The summed E-state index contributed by atoms with van der Waals surface area (Å²) in [6.45, 7) is 1.75. The van der Waals surface area contributed by atoms with Crippen LogP contribution < -0.4 is 19.7 Å². The average molecular weight is 836 g/mol. The van der Waals surface area contributed by atoms with E-state index in [1.165, 1.54) is 29.2 Å². The van der Waals surface area contributed by atoms with Crippen molar-refractivity contribution in [1.82, 2.24) is 10.3 Å². The van der Waals surface area contributed by atoms with Gasteiger partial charge in [-0.2, -0.15) is 0 Å². The maximum Gasteiger partial charge on any atom is 0.338 e. The molecule has 6 aromatic rings. The van der Waals surface area contributed by atoms with Gasteiger partial charge >= 0.3 is 11.9 Å². The largest absolute Gasteiger partial charge is 0.497 e. The lowest BCUT2D eigenvalue weighted by atomic mass is 9.85. The molecule has 13 heteroatoms. The minimum Gasteiger partial charge on any atom is -0.497 e. The van der Waals surface area contributed by atoms with E-state index in [0.717, 1.165) is 5.39 Å². The molecule has 2 amide bonds. The summed E-state index contributed by atoms with van der Waals surface area (Å²) in [6, 6.07) is 34.9. The van der Waals surface area contributed by atoms with Crippen molar-refractivity contribution < 1.29 is 48.0 Å². The van der Waals surface area contributed by atoms with Crippen LogP contribution in [0, 0.1) is 0 Å². The number of amides is 2. The van der Waals surface area contributed by atoms with Crippen LogP contribution >= 0.6 is 0 Å². The van der Waals surface area contributed by atoms with Crippen molar-refractivity contribution in [3.05, 3.63) is 167 Å². The van der Waals surface area contributed by atoms with E-state index in [-0.39, 0.29) is 43.3 Å². The molecule has 2 heterocycles. The van der Waals surface area contributed by atoms with Gasteiger partial charge in [0.15, 0.2) is 5.78 Å². The van der Waals surface area contributed by atoms with E-state index in [4.69, 9.17) is 18.9 Å². The van der Waals surface area contributed by atoms with Crippen LogP contribution in [0.1, 0.15) is 73.7 Å². The van der Waals surface area contributed by atoms with Crippen molar-refractivity contribution in [2.24, 2.45) is 0 Å². The first-order chi connectivity index (χ1) is 30.2. The topological polar surface area (TPSA) is 171 Å². The van der Waals surface area contributed by atoms with Gasteiger partial charge in [0, 0.05) is 35.1 Å². The van der Waals surface area contributed by atoms with Gasteiger partial charge in [-0.1, -0.05) is 78.9 Å². The smallest absolute Gasteiger partial charge is 0.338 e. The zero-order valence-electron chi connectivity index (χ0n) is 34.2. The highest BCUT2D eigenvalue weighted by atomic mass is 16.6. The van der Waals surface area contributed by atoms with Crippen LogP contribution in [0.5, 0.6) is 11.5 Å². The molecule has 0 fully saturated rings. The maximum absolute atomic E-state index is 15.0. The third-order valence-electron chi connectivity index (χ3n) is 10.4. The highest BCUT2D eigenvalue weighted by molar-refractivity contribution is 6.09. The summed E-state index contributed by atoms with van der Waals surface area (Å²) >= 11 is 0. The molecule has 62 heavy (non-hydrogen) atoms. The summed E-state index contributed by atoms with van der Waals surface area (Å²) in [5.41, 5.74) is 2.84. The first-order valence-corrected chi connectivity index (χ1v) is 20.2. The molecular formula is C49H45N3O10. The van der Waals surface area contributed by atoms with Crippen LogP contribution in [0.3, 0.4) is 0 Å². The van der Waals surface area contributed by atoms with E-state index in [0.29, 0.717) is 51.4 Å². The molecule has 0 spiro atoms. The number of methoxy groups -OCH3 is 1. The molecule has 0 saturated carbocycles. The van der Waals surface area contributed by atoms with E-state index in [1.807, 2.05) is 18.2 Å². The first-order valence-electron chi connectivity index (χ1n) is 20.2. The minimum absolute atomic E-state index is 0.0391. The Labute approximate surface area is 358 Å². The van der Waals surface area contributed by atoms with E-state index >= 15 is 0 Å². The Balaban J connectivity index is 1.34. The van der Waals surface area contributed by atoms with Crippen LogP contribution in [0.15, 0.2) is 133 Å². The number of rotatable bonds is 16. The molecular weight excluding hydrogens is 791 g/mol. The van der Waals surface area contributed by atoms with Crippen molar-refractivity contribution >= 4 is 46.1 Å². The number of ketones is 1. The highest BCUT2D eigenvalue weighted by Crippen LogP contribution is 2.43. The average Bonchev–Trinajstić information content (AvgIpc) is 3.30. The molecule has 316 valence electrons. The van der Waals surface area contributed by atoms with Gasteiger partial charge in [-0.3, -0.25) is 24.1 Å². The Morgan fingerprint density at radius 3 is 2.19 bits per heavy atom. The summed E-state index contributed by atoms with van der Waals surface area (Å²) in [7, 11) is 1.54. The van der Waals surface area contributed by atoms with Gasteiger partial charge in [-0.15, -0.1) is 0 Å². The van der Waals surface area contributed by atoms with Crippen LogP contribution in [0.25, 0.3) is 10.9 Å². The fraction of sp³-hybridized carbons (Fsp3) is 0.224. The number of nitrogens with zero attached hydrogens (tertiary/aromatic N) is 2. The third-order valence-corrected chi connectivity index (χ3v) is 10.4. The molecule has 0 unspecified atom stereocenters. The summed E-state index contributed by atoms with van der Waals surface area (Å²) in [5.74, 6) is -1.84. The number of fused-ring (bicyclic) bond motifs is 2. The summed E-state index contributed by atoms with van der Waals surface area (Å²) in [6.07, 6.45) is -1.57. The van der Waals surface area contributed by atoms with Crippen LogP contribution in [-0.2, 0) is 25.5 Å². The number of aromatic nitrogens is 1. The molecule has 0 saturated heterocycles. The number of hydrogen-bond donors (Lipinski definition) is 2. The monoisotopic (exact) mass is 835 g/mol. The number of benzene rings is 5. The van der Waals surface area contributed by atoms with E-state index in [9.17, 15) is 29.1 Å². The quantitative estimate of drug-likeness (QED) is 0.0594. The Morgan fingerprint density at radius 1 is 0.774 bits per heavy atom. The number of para-hydroxylation sites is 1. The number of esters is 2. The number of hydrogen-bond acceptors (Lipinski definition) is 11. The van der Waals surface area contributed by atoms with Crippen molar-refractivity contribution in [3.63, 3.8) is 0 Å². The molecule has 1 aliphatic rings. The van der Waals surface area contributed by atoms with Crippen LogP contribution in [0.2, 0.25) is 0 Å². The Morgan fingerprint density at radius 2 is 1.47 bits per heavy atom. The second-order valence-corrected chi connectivity index (χ2v) is 14.5. The molecule has 7 rings (SSSR count). The van der Waals surface area contributed by atoms with Gasteiger partial charge in [0.2, 0.25) is 5.91 Å². The van der Waals surface area contributed by atoms with Crippen molar-refractivity contribution in [3.8, 4) is 11.5 Å². The van der Waals surface area contributed by atoms with Gasteiger partial charge < -0.3 is 29.4 Å². The van der Waals surface area contributed by atoms with E-state index in [2.05, 4.69) is 10.3 Å². The molecule has 1 aliphatic heterocycles. The summed E-state index contributed by atoms with van der Waals surface area (Å²) in [5, 5.41) is 13.3. The second-order valence-electron chi connectivity index (χ2n) is 14.5. The Hall–Kier alpha value is -7.38. The predicted octanol–water partition coefficient (Wildman–Crippen LogP) is 6.84. The number of pyridine rings is 1. The van der Waals surface area contributed by atoms with Crippen molar-refractivity contribution in [1.29, 1.82) is 0 Å². The van der Waals surface area contributed by atoms with Crippen LogP contribution in [0.4, 0.5) is 5.69 Å². The lowest BCUT2D eigenvalue weighted by Gasteiger charge is -2.45. The Kier molecular flexibility index (Phi) is 13.6. The van der Waals surface area contributed by atoms with Gasteiger partial charge in [0.25, 0.3) is 5.91 Å². The second kappa shape index (κ2) is 19.8. The molecule has 0 radical (unpaired) electrons. The van der Waals surface area contributed by atoms with Crippen LogP contribution in [-0.4, -0.2) is 78.7 Å². The number of anilines is 1. The van der Waals surface area contributed by atoms with Crippen molar-refractivity contribution in [2.75, 3.05) is 31.8 Å². The number of aliphatic hydroxyl groups is 1. The summed E-state index contributed by atoms with van der Waals surface area (Å²) < 4.78 is 23.1. The van der Waals surface area contributed by atoms with E-state index < -0.39 is 48.4 Å². The normalized spacial score (nSPS) is 15.5. The fourth-order valence-electron chi connectivity index (χ4n) is 7.40. The number of aliphatic hydroxyl groups excluding tert-OH is 1. The standard InChI is InChI=1S/C49H45N3O10/c1-3-60-44(55)30-42-47(62-49(58)35-18-16-34(17-19-35)46(56)33-11-5-4-6-12-33)45(51-43(54)28-31-14-21-36(59-2)22-15-31)38-29-37(61-27-9-26-53)23-25-41(38)52(42)48(57)40-24-20-32-10-7-8-13-39(32)50-40/h4-8,10-25,29,42,45,47,53H,3,9,26-28,30H2,1-2H3,(H,51,54)/t42-,45-,47-/m0/s1. The summed E-state index contributed by atoms with van der Waals surface area (Å²) in [4.78, 5) is 76.2. The van der Waals surface area contributed by atoms with Gasteiger partial charge in [0.1, 0.15) is 23.3 Å². The lowest BCUT2D eigenvalue weighted by molar-refractivity contribution is -0.144. The SMILES string of the molecule is CCOC(=O)C[C@H]1[C@H](OC(=O)c2ccc(C(=O)c3ccccc3)cc2)[C@@H](NC(=O)Cc2ccc(OC)cc2)c2cc(OCCCO)ccc2N1C(=O)c1ccc2ccccc2n1. The molecule has 13 nitrogen and oxygen atoms in total. The maximum atomic E-state index is 15.0. The van der Waals surface area contributed by atoms with Crippen molar-refractivity contribution in [2.45, 2.75) is 44.4 Å². The first kappa shape index (κ1) is 42.7. The molecule has 2 N–H and O–H groups in total. The number of ether oxygens (including phenoxy) is 4. The molecule has 0 aliphatic carbocycles. The number of carbonyl (C=O) groups is 5. The Bertz CT molecular complexity index is 2560. The zero-order chi connectivity index (χ0) is 43.6. The van der Waals surface area contributed by atoms with E-state index in [1.54, 1.807) is 105 Å². The molecule has 1 aromatic heterocycles. The van der Waals surface area contributed by atoms with Gasteiger partial charge in [-0.05, 0) is 67.1 Å². The lowest BCUT2D eigenvalue weighted by Crippen LogP contribution is -2.58. The number of nitrogens with one attached hydrogen (secondary N) is 1. The van der Waals surface area contributed by atoms with Gasteiger partial charge in [0.05, 0.1) is 62.0 Å². The molecule has 3 atom stereocenters. The number of carbonyl (C=O) groups excluding carboxylic acids is 5.